The fourth-order valence-corrected chi connectivity index (χ4v) is 2.33. The van der Waals surface area contributed by atoms with Crippen LogP contribution in [0.5, 0.6) is 0 Å². The Morgan fingerprint density at radius 3 is 2.56 bits per heavy atom. The number of rotatable bonds is 2. The molecule has 1 aromatic rings. The summed E-state index contributed by atoms with van der Waals surface area (Å²) in [5, 5.41) is 0. The molecule has 1 fully saturated rings. The second-order valence-corrected chi connectivity index (χ2v) is 5.15. The van der Waals surface area contributed by atoms with E-state index in [9.17, 15) is 0 Å². The lowest BCUT2D eigenvalue weighted by Crippen LogP contribution is -2.43. The number of hydrogen-bond donors (Lipinski definition) is 0. The maximum Gasteiger partial charge on any atom is 0.162 e. The van der Waals surface area contributed by atoms with Crippen LogP contribution in [-0.2, 0) is 15.9 Å². The third-order valence-corrected chi connectivity index (χ3v) is 2.86. The Balaban J connectivity index is 2.00. The Bertz CT molecular complexity index is 332. The van der Waals surface area contributed by atoms with E-state index in [0.717, 1.165) is 12.8 Å². The van der Waals surface area contributed by atoms with Crippen LogP contribution >= 0.6 is 0 Å². The molecule has 0 unspecified atom stereocenters. The van der Waals surface area contributed by atoms with Gasteiger partial charge in [0.1, 0.15) is 0 Å². The SMILES string of the molecule is C[C@@H]1CC(C)(C)O[C@@H](Cc2ccccc2)O1. The monoisotopic (exact) mass is 220 g/mol. The second-order valence-electron chi connectivity index (χ2n) is 5.15. The lowest BCUT2D eigenvalue weighted by Gasteiger charge is -2.39. The average molecular weight is 220 g/mol. The van der Waals surface area contributed by atoms with Crippen LogP contribution in [0.1, 0.15) is 32.8 Å². The van der Waals surface area contributed by atoms with E-state index < -0.39 is 0 Å². The van der Waals surface area contributed by atoms with Crippen LogP contribution in [0.2, 0.25) is 0 Å². The first kappa shape index (κ1) is 11.6. The first-order chi connectivity index (χ1) is 7.55. The Morgan fingerprint density at radius 1 is 1.25 bits per heavy atom. The molecule has 1 aliphatic rings. The van der Waals surface area contributed by atoms with Crippen LogP contribution in [0.4, 0.5) is 0 Å². The molecule has 2 rings (SSSR count). The van der Waals surface area contributed by atoms with Gasteiger partial charge in [0.2, 0.25) is 0 Å². The van der Waals surface area contributed by atoms with E-state index in [0.29, 0.717) is 0 Å². The summed E-state index contributed by atoms with van der Waals surface area (Å²) in [5.74, 6) is 0. The minimum Gasteiger partial charge on any atom is -0.349 e. The van der Waals surface area contributed by atoms with Gasteiger partial charge in [-0.3, -0.25) is 0 Å². The Morgan fingerprint density at radius 2 is 1.94 bits per heavy atom. The minimum atomic E-state index is -0.110. The standard InChI is InChI=1S/C14H20O2/c1-11-10-14(2,3)16-13(15-11)9-12-7-5-4-6-8-12/h4-8,11,13H,9-10H2,1-3H3/t11-,13+/m1/s1. The third kappa shape index (κ3) is 3.06. The summed E-state index contributed by atoms with van der Waals surface area (Å²) < 4.78 is 11.7. The van der Waals surface area contributed by atoms with Crippen molar-refractivity contribution in [2.75, 3.05) is 0 Å². The second kappa shape index (κ2) is 4.56. The van der Waals surface area contributed by atoms with Crippen molar-refractivity contribution in [1.82, 2.24) is 0 Å². The van der Waals surface area contributed by atoms with Crippen LogP contribution < -0.4 is 0 Å². The first-order valence-corrected chi connectivity index (χ1v) is 5.92. The molecule has 1 aliphatic heterocycles. The van der Waals surface area contributed by atoms with Crippen molar-refractivity contribution in [1.29, 1.82) is 0 Å². The van der Waals surface area contributed by atoms with Gasteiger partial charge in [0.05, 0.1) is 11.7 Å². The fraction of sp³-hybridized carbons (Fsp3) is 0.571. The summed E-state index contributed by atoms with van der Waals surface area (Å²) in [6.07, 6.45) is 1.95. The summed E-state index contributed by atoms with van der Waals surface area (Å²) >= 11 is 0. The summed E-state index contributed by atoms with van der Waals surface area (Å²) in [5.41, 5.74) is 1.19. The summed E-state index contributed by atoms with van der Waals surface area (Å²) in [7, 11) is 0. The van der Waals surface area contributed by atoms with Crippen molar-refractivity contribution in [2.45, 2.75) is 51.6 Å². The largest absolute Gasteiger partial charge is 0.349 e. The van der Waals surface area contributed by atoms with Gasteiger partial charge < -0.3 is 9.47 Å². The molecule has 0 saturated carbocycles. The topological polar surface area (TPSA) is 18.5 Å². The normalized spacial score (nSPS) is 28.9. The van der Waals surface area contributed by atoms with Gasteiger partial charge in [-0.05, 0) is 26.3 Å². The van der Waals surface area contributed by atoms with E-state index in [-0.39, 0.29) is 18.0 Å². The van der Waals surface area contributed by atoms with Gasteiger partial charge in [0, 0.05) is 12.8 Å². The molecule has 0 N–H and O–H groups in total. The zero-order chi connectivity index (χ0) is 11.6. The van der Waals surface area contributed by atoms with Crippen molar-refractivity contribution in [3.05, 3.63) is 35.9 Å². The molecule has 0 spiro atoms. The van der Waals surface area contributed by atoms with Crippen molar-refractivity contribution in [3.63, 3.8) is 0 Å². The number of benzene rings is 1. The molecule has 1 aromatic carbocycles. The van der Waals surface area contributed by atoms with Gasteiger partial charge >= 0.3 is 0 Å². The summed E-state index contributed by atoms with van der Waals surface area (Å²) in [4.78, 5) is 0. The summed E-state index contributed by atoms with van der Waals surface area (Å²) in [6, 6.07) is 10.3. The van der Waals surface area contributed by atoms with Crippen molar-refractivity contribution in [3.8, 4) is 0 Å². The van der Waals surface area contributed by atoms with Crippen LogP contribution in [0.3, 0.4) is 0 Å². The van der Waals surface area contributed by atoms with E-state index in [1.54, 1.807) is 0 Å². The number of ether oxygens (including phenoxy) is 2. The van der Waals surface area contributed by atoms with Gasteiger partial charge in [-0.2, -0.15) is 0 Å². The molecular weight excluding hydrogens is 200 g/mol. The lowest BCUT2D eigenvalue weighted by molar-refractivity contribution is -0.267. The van der Waals surface area contributed by atoms with Crippen molar-refractivity contribution in [2.24, 2.45) is 0 Å². The number of hydrogen-bond acceptors (Lipinski definition) is 2. The molecule has 2 nitrogen and oxygen atoms in total. The highest BCUT2D eigenvalue weighted by Gasteiger charge is 2.33. The highest BCUT2D eigenvalue weighted by atomic mass is 16.7. The molecule has 2 atom stereocenters. The molecular formula is C14H20O2. The molecule has 1 saturated heterocycles. The Labute approximate surface area is 97.6 Å². The molecule has 0 aliphatic carbocycles. The van der Waals surface area contributed by atoms with Crippen molar-refractivity contribution < 1.29 is 9.47 Å². The highest BCUT2D eigenvalue weighted by molar-refractivity contribution is 5.15. The minimum absolute atomic E-state index is 0.0723. The zero-order valence-electron chi connectivity index (χ0n) is 10.3. The van der Waals surface area contributed by atoms with E-state index >= 15 is 0 Å². The van der Waals surface area contributed by atoms with Crippen LogP contribution in [0, 0.1) is 0 Å². The summed E-state index contributed by atoms with van der Waals surface area (Å²) in [6.45, 7) is 6.37. The van der Waals surface area contributed by atoms with Crippen LogP contribution in [0.15, 0.2) is 30.3 Å². The molecule has 2 heteroatoms. The Kier molecular flexibility index (Phi) is 3.31. The van der Waals surface area contributed by atoms with Crippen LogP contribution in [0.25, 0.3) is 0 Å². The fourth-order valence-electron chi connectivity index (χ4n) is 2.33. The van der Waals surface area contributed by atoms with Gasteiger partial charge in [0.15, 0.2) is 6.29 Å². The molecule has 1 heterocycles. The molecule has 0 amide bonds. The highest BCUT2D eigenvalue weighted by Crippen LogP contribution is 2.28. The predicted molar refractivity (Wildman–Crippen MR) is 64.3 cm³/mol. The van der Waals surface area contributed by atoms with Crippen LogP contribution in [-0.4, -0.2) is 18.0 Å². The lowest BCUT2D eigenvalue weighted by atomic mass is 9.99. The predicted octanol–water partition coefficient (Wildman–Crippen LogP) is 3.16. The van der Waals surface area contributed by atoms with E-state index in [4.69, 9.17) is 9.47 Å². The maximum atomic E-state index is 5.93. The smallest absolute Gasteiger partial charge is 0.162 e. The average Bonchev–Trinajstić information content (AvgIpc) is 2.15. The third-order valence-electron chi connectivity index (χ3n) is 2.86. The molecule has 16 heavy (non-hydrogen) atoms. The van der Waals surface area contributed by atoms with Gasteiger partial charge in [-0.15, -0.1) is 0 Å². The maximum absolute atomic E-state index is 5.93. The molecule has 0 bridgehead atoms. The van der Waals surface area contributed by atoms with E-state index in [2.05, 4.69) is 32.9 Å². The van der Waals surface area contributed by atoms with Gasteiger partial charge in [-0.25, -0.2) is 0 Å². The van der Waals surface area contributed by atoms with E-state index in [1.165, 1.54) is 5.56 Å². The van der Waals surface area contributed by atoms with Crippen molar-refractivity contribution >= 4 is 0 Å². The molecule has 0 aromatic heterocycles. The van der Waals surface area contributed by atoms with Gasteiger partial charge in [-0.1, -0.05) is 30.3 Å². The quantitative estimate of drug-likeness (QED) is 0.762. The van der Waals surface area contributed by atoms with E-state index in [1.807, 2.05) is 18.2 Å². The molecule has 0 radical (unpaired) electrons. The molecule has 88 valence electrons. The first-order valence-electron chi connectivity index (χ1n) is 5.92. The Hall–Kier alpha value is -0.860. The van der Waals surface area contributed by atoms with Gasteiger partial charge in [0.25, 0.3) is 0 Å². The zero-order valence-corrected chi connectivity index (χ0v) is 10.3.